The van der Waals surface area contributed by atoms with E-state index in [9.17, 15) is 9.18 Å². The van der Waals surface area contributed by atoms with Crippen LogP contribution in [0.3, 0.4) is 0 Å². The Balaban J connectivity index is 2.05. The SMILES string of the molecule is Cc1cc(Cl)c(CNC(=O)C2(C#N)CC2)cc1F. The molecule has 0 aliphatic heterocycles. The van der Waals surface area contributed by atoms with Gasteiger partial charge in [-0.15, -0.1) is 0 Å². The van der Waals surface area contributed by atoms with Crippen LogP contribution < -0.4 is 5.32 Å². The van der Waals surface area contributed by atoms with Gasteiger partial charge in [0.05, 0.1) is 6.07 Å². The van der Waals surface area contributed by atoms with Gasteiger partial charge in [0.15, 0.2) is 0 Å². The number of nitrogens with one attached hydrogen (secondary N) is 1. The van der Waals surface area contributed by atoms with Crippen molar-refractivity contribution in [2.45, 2.75) is 26.3 Å². The Morgan fingerprint density at radius 3 is 2.83 bits per heavy atom. The molecule has 1 fully saturated rings. The van der Waals surface area contributed by atoms with Crippen molar-refractivity contribution in [1.82, 2.24) is 5.32 Å². The van der Waals surface area contributed by atoms with Crippen LogP contribution in [-0.2, 0) is 11.3 Å². The molecule has 1 aromatic rings. The van der Waals surface area contributed by atoms with Gasteiger partial charge in [-0.1, -0.05) is 11.6 Å². The molecule has 1 aliphatic carbocycles. The van der Waals surface area contributed by atoms with E-state index in [1.807, 2.05) is 6.07 Å². The summed E-state index contributed by atoms with van der Waals surface area (Å²) in [7, 11) is 0. The first-order chi connectivity index (χ1) is 8.48. The molecule has 1 aliphatic rings. The molecule has 0 bridgehead atoms. The van der Waals surface area contributed by atoms with Crippen LogP contribution in [0.25, 0.3) is 0 Å². The third kappa shape index (κ3) is 2.32. The molecule has 1 saturated carbocycles. The van der Waals surface area contributed by atoms with Gasteiger partial charge in [-0.05, 0) is 43.0 Å². The van der Waals surface area contributed by atoms with Crippen molar-refractivity contribution >= 4 is 17.5 Å². The third-order valence-corrected chi connectivity index (χ3v) is 3.52. The summed E-state index contributed by atoms with van der Waals surface area (Å²) in [4.78, 5) is 11.7. The van der Waals surface area contributed by atoms with E-state index in [0.717, 1.165) is 0 Å². The van der Waals surface area contributed by atoms with Crippen LogP contribution in [0, 0.1) is 29.5 Å². The number of rotatable bonds is 3. The molecule has 0 radical (unpaired) electrons. The van der Waals surface area contributed by atoms with Crippen molar-refractivity contribution in [2.75, 3.05) is 0 Å². The van der Waals surface area contributed by atoms with Crippen LogP contribution in [0.1, 0.15) is 24.0 Å². The molecule has 1 N–H and O–H groups in total. The number of carbonyl (C=O) groups is 1. The Labute approximate surface area is 110 Å². The minimum atomic E-state index is -0.865. The standard InChI is InChI=1S/C13H12ClFN2O/c1-8-4-10(14)9(5-11(8)15)6-17-12(18)13(7-16)2-3-13/h4-5H,2-3,6H2,1H3,(H,17,18). The van der Waals surface area contributed by atoms with Crippen LogP contribution in [0.5, 0.6) is 0 Å². The Morgan fingerprint density at radius 2 is 2.28 bits per heavy atom. The van der Waals surface area contributed by atoms with Crippen molar-refractivity contribution in [3.63, 3.8) is 0 Å². The van der Waals surface area contributed by atoms with Crippen LogP contribution in [0.2, 0.25) is 5.02 Å². The molecule has 0 heterocycles. The van der Waals surface area contributed by atoms with E-state index in [2.05, 4.69) is 5.32 Å². The molecule has 0 atom stereocenters. The second-order valence-corrected chi connectivity index (χ2v) is 4.98. The lowest BCUT2D eigenvalue weighted by Gasteiger charge is -2.10. The molecule has 0 saturated heterocycles. The molecule has 18 heavy (non-hydrogen) atoms. The quantitative estimate of drug-likeness (QED) is 0.914. The van der Waals surface area contributed by atoms with Crippen molar-refractivity contribution < 1.29 is 9.18 Å². The summed E-state index contributed by atoms with van der Waals surface area (Å²) < 4.78 is 13.4. The maximum atomic E-state index is 13.4. The number of benzene rings is 1. The Hall–Kier alpha value is -1.60. The lowest BCUT2D eigenvalue weighted by Crippen LogP contribution is -2.30. The number of halogens is 2. The van der Waals surface area contributed by atoms with Crippen LogP contribution in [0.15, 0.2) is 12.1 Å². The van der Waals surface area contributed by atoms with E-state index in [0.29, 0.717) is 29.0 Å². The Bertz CT molecular complexity index is 547. The molecule has 5 heteroatoms. The minimum Gasteiger partial charge on any atom is -0.351 e. The molecular formula is C13H12ClFN2O. The largest absolute Gasteiger partial charge is 0.351 e. The van der Waals surface area contributed by atoms with Crippen LogP contribution in [-0.4, -0.2) is 5.91 Å². The first-order valence-corrected chi connectivity index (χ1v) is 6.00. The molecule has 1 aromatic carbocycles. The summed E-state index contributed by atoms with van der Waals surface area (Å²) in [6.45, 7) is 1.76. The van der Waals surface area contributed by atoms with E-state index in [1.165, 1.54) is 12.1 Å². The highest BCUT2D eigenvalue weighted by atomic mass is 35.5. The lowest BCUT2D eigenvalue weighted by molar-refractivity contribution is -0.124. The van der Waals surface area contributed by atoms with Gasteiger partial charge in [-0.2, -0.15) is 5.26 Å². The second-order valence-electron chi connectivity index (χ2n) is 4.57. The molecule has 0 unspecified atom stereocenters. The first-order valence-electron chi connectivity index (χ1n) is 5.62. The number of hydrogen-bond donors (Lipinski definition) is 1. The first kappa shape index (κ1) is 12.8. The summed E-state index contributed by atoms with van der Waals surface area (Å²) in [6.07, 6.45) is 1.18. The number of nitriles is 1. The number of carbonyl (C=O) groups excluding carboxylic acids is 1. The number of amides is 1. The van der Waals surface area contributed by atoms with Gasteiger partial charge in [-0.25, -0.2) is 4.39 Å². The van der Waals surface area contributed by atoms with E-state index in [4.69, 9.17) is 16.9 Å². The highest BCUT2D eigenvalue weighted by molar-refractivity contribution is 6.31. The van der Waals surface area contributed by atoms with Gasteiger partial charge in [0.2, 0.25) is 5.91 Å². The molecule has 0 aromatic heterocycles. The second kappa shape index (κ2) is 4.58. The van der Waals surface area contributed by atoms with E-state index >= 15 is 0 Å². The highest BCUT2D eigenvalue weighted by Crippen LogP contribution is 2.45. The van der Waals surface area contributed by atoms with E-state index in [-0.39, 0.29) is 18.3 Å². The predicted molar refractivity (Wildman–Crippen MR) is 65.3 cm³/mol. The third-order valence-electron chi connectivity index (χ3n) is 3.17. The smallest absolute Gasteiger partial charge is 0.240 e. The van der Waals surface area contributed by atoms with Gasteiger partial charge in [0.1, 0.15) is 11.2 Å². The number of hydrogen-bond acceptors (Lipinski definition) is 2. The summed E-state index contributed by atoms with van der Waals surface area (Å²) >= 11 is 5.97. The number of nitrogens with zero attached hydrogens (tertiary/aromatic N) is 1. The van der Waals surface area contributed by atoms with Gasteiger partial charge >= 0.3 is 0 Å². The summed E-state index contributed by atoms with van der Waals surface area (Å²) in [5.41, 5.74) is 0.114. The van der Waals surface area contributed by atoms with Crippen molar-refractivity contribution in [3.8, 4) is 6.07 Å². The molecule has 3 nitrogen and oxygen atoms in total. The summed E-state index contributed by atoms with van der Waals surface area (Å²) in [6, 6.07) is 4.84. The summed E-state index contributed by atoms with van der Waals surface area (Å²) in [5.74, 6) is -0.660. The van der Waals surface area contributed by atoms with Gasteiger partial charge in [0, 0.05) is 11.6 Å². The Morgan fingerprint density at radius 1 is 1.61 bits per heavy atom. The average molecular weight is 267 g/mol. The monoisotopic (exact) mass is 266 g/mol. The van der Waals surface area contributed by atoms with Crippen molar-refractivity contribution in [2.24, 2.45) is 5.41 Å². The van der Waals surface area contributed by atoms with Gasteiger partial charge < -0.3 is 5.32 Å². The fraction of sp³-hybridized carbons (Fsp3) is 0.385. The van der Waals surface area contributed by atoms with Crippen LogP contribution >= 0.6 is 11.6 Å². The maximum Gasteiger partial charge on any atom is 0.240 e. The fourth-order valence-corrected chi connectivity index (χ4v) is 1.97. The maximum absolute atomic E-state index is 13.4. The topological polar surface area (TPSA) is 52.9 Å². The van der Waals surface area contributed by atoms with E-state index < -0.39 is 5.41 Å². The summed E-state index contributed by atoms with van der Waals surface area (Å²) in [5, 5.41) is 11.9. The normalized spacial score (nSPS) is 15.9. The molecule has 2 rings (SSSR count). The zero-order chi connectivity index (χ0) is 13.3. The zero-order valence-electron chi connectivity index (χ0n) is 9.89. The van der Waals surface area contributed by atoms with Crippen LogP contribution in [0.4, 0.5) is 4.39 Å². The molecule has 1 amide bonds. The highest BCUT2D eigenvalue weighted by Gasteiger charge is 2.50. The molecule has 0 spiro atoms. The lowest BCUT2D eigenvalue weighted by atomic mass is 10.1. The zero-order valence-corrected chi connectivity index (χ0v) is 10.6. The van der Waals surface area contributed by atoms with Gasteiger partial charge in [-0.3, -0.25) is 4.79 Å². The Kier molecular flexibility index (Phi) is 3.27. The predicted octanol–water partition coefficient (Wildman–Crippen LogP) is 2.71. The number of aryl methyl sites for hydroxylation is 1. The average Bonchev–Trinajstić information content (AvgIpc) is 3.12. The van der Waals surface area contributed by atoms with Gasteiger partial charge in [0.25, 0.3) is 0 Å². The van der Waals surface area contributed by atoms with E-state index in [1.54, 1.807) is 6.92 Å². The minimum absolute atomic E-state index is 0.137. The van der Waals surface area contributed by atoms with Crippen molar-refractivity contribution in [3.05, 3.63) is 34.1 Å². The fourth-order valence-electron chi connectivity index (χ4n) is 1.68. The molecule has 94 valence electrons. The molecular weight excluding hydrogens is 255 g/mol. The van der Waals surface area contributed by atoms with Crippen molar-refractivity contribution in [1.29, 1.82) is 5.26 Å².